The molecule has 138 valence electrons. The van der Waals surface area contributed by atoms with Crippen LogP contribution in [0.2, 0.25) is 0 Å². The van der Waals surface area contributed by atoms with Crippen LogP contribution in [0.4, 0.5) is 18.9 Å². The number of carbonyl (C=O) groups is 1. The third-order valence-corrected chi connectivity index (χ3v) is 4.08. The molecule has 2 rings (SSSR count). The molecule has 0 aliphatic carbocycles. The molecule has 1 unspecified atom stereocenters. The maximum absolute atomic E-state index is 12.3. The van der Waals surface area contributed by atoms with Gasteiger partial charge in [-0.25, -0.2) is 0 Å². The first-order chi connectivity index (χ1) is 10.2. The van der Waals surface area contributed by atoms with Gasteiger partial charge in [-0.15, -0.1) is 24.8 Å². The van der Waals surface area contributed by atoms with Crippen molar-refractivity contribution in [2.75, 3.05) is 31.9 Å². The normalized spacial score (nSPS) is 17.8. The summed E-state index contributed by atoms with van der Waals surface area (Å²) in [7, 11) is 0. The molecule has 1 aliphatic heterocycles. The third kappa shape index (κ3) is 7.04. The number of nitrogens with two attached hydrogens (primary N) is 1. The lowest BCUT2D eigenvalue weighted by molar-refractivity contribution is -0.143. The first kappa shape index (κ1) is 23.3. The summed E-state index contributed by atoms with van der Waals surface area (Å²) in [6, 6.07) is 4.96. The summed E-state index contributed by atoms with van der Waals surface area (Å²) >= 11 is 3.26. The molecule has 0 radical (unpaired) electrons. The first-order valence-corrected chi connectivity index (χ1v) is 7.66. The van der Waals surface area contributed by atoms with Gasteiger partial charge >= 0.3 is 6.18 Å². The Kier molecular flexibility index (Phi) is 9.41. The number of hydrogen-bond donors (Lipinski definition) is 2. The van der Waals surface area contributed by atoms with Gasteiger partial charge in [-0.2, -0.15) is 13.2 Å². The number of rotatable bonds is 4. The van der Waals surface area contributed by atoms with E-state index in [2.05, 4.69) is 21.2 Å². The van der Waals surface area contributed by atoms with E-state index in [0.717, 1.165) is 4.47 Å². The fourth-order valence-electron chi connectivity index (χ4n) is 2.55. The van der Waals surface area contributed by atoms with E-state index in [1.54, 1.807) is 18.2 Å². The minimum atomic E-state index is -4.18. The topological polar surface area (TPSA) is 58.4 Å². The van der Waals surface area contributed by atoms with Crippen molar-refractivity contribution in [2.24, 2.45) is 5.92 Å². The number of amides is 1. The zero-order chi connectivity index (χ0) is 16.3. The van der Waals surface area contributed by atoms with Crippen LogP contribution in [0.25, 0.3) is 0 Å². The molecule has 1 saturated heterocycles. The molecule has 1 aromatic rings. The first-order valence-electron chi connectivity index (χ1n) is 6.87. The number of likely N-dealkylation sites (tertiary alicyclic amines) is 1. The average molecular weight is 453 g/mol. The van der Waals surface area contributed by atoms with Gasteiger partial charge in [-0.3, -0.25) is 9.69 Å². The number of nitrogen functional groups attached to an aromatic ring is 1. The zero-order valence-corrected chi connectivity index (χ0v) is 15.8. The highest BCUT2D eigenvalue weighted by molar-refractivity contribution is 9.10. The van der Waals surface area contributed by atoms with Crippen molar-refractivity contribution in [3.05, 3.63) is 28.2 Å². The van der Waals surface area contributed by atoms with Crippen LogP contribution in [0.15, 0.2) is 22.7 Å². The molecule has 1 fully saturated rings. The quantitative estimate of drug-likeness (QED) is 0.687. The van der Waals surface area contributed by atoms with E-state index in [-0.39, 0.29) is 36.6 Å². The fourth-order valence-corrected chi connectivity index (χ4v) is 2.93. The maximum Gasteiger partial charge on any atom is 0.401 e. The summed E-state index contributed by atoms with van der Waals surface area (Å²) in [5.41, 5.74) is 6.50. The molecule has 1 aromatic carbocycles. The number of carbonyl (C=O) groups excluding carboxylic acids is 1. The molecular formula is C14H19BrCl2F3N3O. The Balaban J connectivity index is 0.00000264. The Labute approximate surface area is 159 Å². The van der Waals surface area contributed by atoms with Crippen LogP contribution >= 0.6 is 40.7 Å². The van der Waals surface area contributed by atoms with Crippen molar-refractivity contribution in [1.82, 2.24) is 10.2 Å². The molecule has 24 heavy (non-hydrogen) atoms. The minimum absolute atomic E-state index is 0. The standard InChI is InChI=1S/C14H17BrF3N3O.2ClH/c15-10-1-2-11(12(19)5-10)13(22)20-6-9-3-4-21(7-9)8-14(16,17)18;;/h1-2,5,9H,3-4,6-8,19H2,(H,20,22);2*1H. The lowest BCUT2D eigenvalue weighted by Gasteiger charge is -2.18. The molecule has 1 atom stereocenters. The molecule has 4 nitrogen and oxygen atoms in total. The summed E-state index contributed by atoms with van der Waals surface area (Å²) < 4.78 is 37.7. The van der Waals surface area contributed by atoms with E-state index in [0.29, 0.717) is 37.3 Å². The third-order valence-electron chi connectivity index (χ3n) is 3.58. The fraction of sp³-hybridized carbons (Fsp3) is 0.500. The molecule has 0 saturated carbocycles. The van der Waals surface area contributed by atoms with E-state index in [4.69, 9.17) is 5.73 Å². The molecule has 1 amide bonds. The Morgan fingerprint density at radius 2 is 2.04 bits per heavy atom. The van der Waals surface area contributed by atoms with Gasteiger partial charge in [-0.05, 0) is 37.1 Å². The van der Waals surface area contributed by atoms with Crippen LogP contribution in [0, 0.1) is 5.92 Å². The van der Waals surface area contributed by atoms with Gasteiger partial charge in [0.15, 0.2) is 0 Å². The average Bonchev–Trinajstić information content (AvgIpc) is 2.81. The molecular weight excluding hydrogens is 434 g/mol. The van der Waals surface area contributed by atoms with Crippen molar-refractivity contribution < 1.29 is 18.0 Å². The van der Waals surface area contributed by atoms with E-state index >= 15 is 0 Å². The van der Waals surface area contributed by atoms with Crippen LogP contribution in [0.3, 0.4) is 0 Å². The molecule has 10 heteroatoms. The second kappa shape index (κ2) is 9.70. The van der Waals surface area contributed by atoms with Gasteiger partial charge in [-0.1, -0.05) is 15.9 Å². The molecule has 3 N–H and O–H groups in total. The van der Waals surface area contributed by atoms with Gasteiger partial charge in [0.2, 0.25) is 0 Å². The number of halogens is 6. The second-order valence-electron chi connectivity index (χ2n) is 5.45. The Bertz CT molecular complexity index is 561. The van der Waals surface area contributed by atoms with E-state index in [1.165, 1.54) is 4.90 Å². The van der Waals surface area contributed by atoms with Crippen LogP contribution in [-0.2, 0) is 0 Å². The number of alkyl halides is 3. The van der Waals surface area contributed by atoms with Crippen molar-refractivity contribution >= 4 is 52.3 Å². The predicted octanol–water partition coefficient (Wildman–Crippen LogP) is 3.49. The summed E-state index contributed by atoms with van der Waals surface area (Å²) in [4.78, 5) is 13.4. The highest BCUT2D eigenvalue weighted by Gasteiger charge is 2.34. The lowest BCUT2D eigenvalue weighted by atomic mass is 10.1. The van der Waals surface area contributed by atoms with Crippen LogP contribution in [0.5, 0.6) is 0 Å². The number of hydrogen-bond acceptors (Lipinski definition) is 3. The van der Waals surface area contributed by atoms with E-state index in [1.807, 2.05) is 0 Å². The predicted molar refractivity (Wildman–Crippen MR) is 96.0 cm³/mol. The summed E-state index contributed by atoms with van der Waals surface area (Å²) in [5.74, 6) is -0.276. The van der Waals surface area contributed by atoms with Crippen molar-refractivity contribution in [1.29, 1.82) is 0 Å². The molecule has 0 bridgehead atoms. The molecule has 0 spiro atoms. The van der Waals surface area contributed by atoms with E-state index < -0.39 is 12.7 Å². The zero-order valence-electron chi connectivity index (χ0n) is 12.6. The van der Waals surface area contributed by atoms with Crippen LogP contribution < -0.4 is 11.1 Å². The Hall–Kier alpha value is -0.700. The molecule has 1 heterocycles. The summed E-state index contributed by atoms with van der Waals surface area (Å²) in [6.07, 6.45) is -3.53. The number of nitrogens with zero attached hydrogens (tertiary/aromatic N) is 1. The van der Waals surface area contributed by atoms with Gasteiger partial charge in [0, 0.05) is 23.2 Å². The molecule has 0 aromatic heterocycles. The molecule has 1 aliphatic rings. The lowest BCUT2D eigenvalue weighted by Crippen LogP contribution is -2.34. The largest absolute Gasteiger partial charge is 0.401 e. The SMILES string of the molecule is Cl.Cl.Nc1cc(Br)ccc1C(=O)NCC1CCN(CC(F)(F)F)C1. The van der Waals surface area contributed by atoms with Crippen LogP contribution in [-0.4, -0.2) is 43.2 Å². The van der Waals surface area contributed by atoms with Gasteiger partial charge < -0.3 is 11.1 Å². The number of nitrogens with one attached hydrogen (secondary N) is 1. The van der Waals surface area contributed by atoms with E-state index in [9.17, 15) is 18.0 Å². The van der Waals surface area contributed by atoms with Crippen molar-refractivity contribution in [2.45, 2.75) is 12.6 Å². The van der Waals surface area contributed by atoms with Gasteiger partial charge in [0.05, 0.1) is 12.1 Å². The Morgan fingerprint density at radius 3 is 2.62 bits per heavy atom. The minimum Gasteiger partial charge on any atom is -0.398 e. The Morgan fingerprint density at radius 1 is 1.38 bits per heavy atom. The monoisotopic (exact) mass is 451 g/mol. The van der Waals surface area contributed by atoms with Crippen molar-refractivity contribution in [3.63, 3.8) is 0 Å². The highest BCUT2D eigenvalue weighted by atomic mass is 79.9. The maximum atomic E-state index is 12.3. The smallest absolute Gasteiger partial charge is 0.398 e. The highest BCUT2D eigenvalue weighted by Crippen LogP contribution is 2.23. The number of benzene rings is 1. The van der Waals surface area contributed by atoms with Crippen molar-refractivity contribution in [3.8, 4) is 0 Å². The van der Waals surface area contributed by atoms with Crippen LogP contribution in [0.1, 0.15) is 16.8 Å². The van der Waals surface area contributed by atoms with Gasteiger partial charge in [0.1, 0.15) is 0 Å². The van der Waals surface area contributed by atoms with Gasteiger partial charge in [0.25, 0.3) is 5.91 Å². The number of anilines is 1. The summed E-state index contributed by atoms with van der Waals surface area (Å²) in [6.45, 7) is 0.204. The summed E-state index contributed by atoms with van der Waals surface area (Å²) in [5, 5.41) is 2.74. The second-order valence-corrected chi connectivity index (χ2v) is 6.36.